The summed E-state index contributed by atoms with van der Waals surface area (Å²) in [6.45, 7) is 3.05. The predicted molar refractivity (Wildman–Crippen MR) is 101 cm³/mol. The fraction of sp³-hybridized carbons (Fsp3) is 0.312. The number of thioether (sulfide) groups is 1. The number of carbonyl (C=O) groups is 1. The average molecular weight is 380 g/mol. The monoisotopic (exact) mass is 379 g/mol. The van der Waals surface area contributed by atoms with E-state index in [-0.39, 0.29) is 17.2 Å². The molecular weight excluding hydrogens is 362 g/mol. The summed E-state index contributed by atoms with van der Waals surface area (Å²) in [7, 11) is 1.79. The van der Waals surface area contributed by atoms with E-state index in [4.69, 9.17) is 0 Å². The molecule has 3 rings (SSSR count). The minimum absolute atomic E-state index is 0.0218. The third-order valence-corrected chi connectivity index (χ3v) is 6.18. The normalized spacial score (nSPS) is 11.1. The first-order valence-electron chi connectivity index (χ1n) is 7.46. The first kappa shape index (κ1) is 17.2. The zero-order chi connectivity index (χ0) is 17.1. The largest absolute Gasteiger partial charge is 0.341 e. The van der Waals surface area contributed by atoms with Crippen LogP contribution in [0.2, 0.25) is 0 Å². The summed E-state index contributed by atoms with van der Waals surface area (Å²) < 4.78 is 2.30. The highest BCUT2D eigenvalue weighted by atomic mass is 32.2. The zero-order valence-corrected chi connectivity index (χ0v) is 15.8. The molecule has 0 saturated heterocycles. The van der Waals surface area contributed by atoms with Crippen molar-refractivity contribution in [2.75, 3.05) is 12.8 Å². The van der Waals surface area contributed by atoms with E-state index in [2.05, 4.69) is 4.98 Å². The summed E-state index contributed by atoms with van der Waals surface area (Å²) >= 11 is 4.35. The second-order valence-corrected chi connectivity index (χ2v) is 7.89. The first-order chi connectivity index (χ1) is 11.6. The number of fused-ring (bicyclic) bond motifs is 1. The number of nitrogens with zero attached hydrogens (tertiary/aromatic N) is 3. The minimum Gasteiger partial charge on any atom is -0.341 e. The Bertz CT molecular complexity index is 899. The SMILES string of the molecule is CCn1c(SCC(=O)N(C)Cc2ccsc2)nc2ccsc2c1=O. The summed E-state index contributed by atoms with van der Waals surface area (Å²) in [6.07, 6.45) is 0. The van der Waals surface area contributed by atoms with Gasteiger partial charge in [-0.3, -0.25) is 14.2 Å². The van der Waals surface area contributed by atoms with Gasteiger partial charge < -0.3 is 4.90 Å². The van der Waals surface area contributed by atoms with Crippen molar-refractivity contribution in [3.63, 3.8) is 0 Å². The molecule has 1 amide bonds. The van der Waals surface area contributed by atoms with Gasteiger partial charge in [-0.25, -0.2) is 4.98 Å². The molecule has 3 aromatic heterocycles. The Morgan fingerprint density at radius 3 is 2.92 bits per heavy atom. The van der Waals surface area contributed by atoms with Crippen LogP contribution in [0.5, 0.6) is 0 Å². The van der Waals surface area contributed by atoms with E-state index >= 15 is 0 Å². The number of carbonyl (C=O) groups excluding carboxylic acids is 1. The Kier molecular flexibility index (Phi) is 5.37. The zero-order valence-electron chi connectivity index (χ0n) is 13.4. The Balaban J connectivity index is 1.73. The minimum atomic E-state index is -0.0286. The van der Waals surface area contributed by atoms with Crippen LogP contribution in [0.25, 0.3) is 10.2 Å². The molecule has 24 heavy (non-hydrogen) atoms. The maximum Gasteiger partial charge on any atom is 0.272 e. The van der Waals surface area contributed by atoms with Crippen molar-refractivity contribution in [2.24, 2.45) is 0 Å². The van der Waals surface area contributed by atoms with E-state index < -0.39 is 0 Å². The smallest absolute Gasteiger partial charge is 0.272 e. The van der Waals surface area contributed by atoms with Crippen LogP contribution >= 0.6 is 34.4 Å². The van der Waals surface area contributed by atoms with Gasteiger partial charge in [0.25, 0.3) is 5.56 Å². The topological polar surface area (TPSA) is 55.2 Å². The van der Waals surface area contributed by atoms with Crippen LogP contribution in [-0.4, -0.2) is 33.2 Å². The summed E-state index contributed by atoms with van der Waals surface area (Å²) in [5.41, 5.74) is 1.81. The van der Waals surface area contributed by atoms with Gasteiger partial charge in [0, 0.05) is 20.1 Å². The molecular formula is C16H17N3O2S3. The van der Waals surface area contributed by atoms with Gasteiger partial charge in [-0.05, 0) is 40.8 Å². The molecule has 0 aliphatic heterocycles. The highest BCUT2D eigenvalue weighted by Crippen LogP contribution is 2.21. The summed E-state index contributed by atoms with van der Waals surface area (Å²) in [4.78, 5) is 31.0. The molecule has 8 heteroatoms. The molecule has 0 bridgehead atoms. The summed E-state index contributed by atoms with van der Waals surface area (Å²) in [5, 5.41) is 6.51. The van der Waals surface area contributed by atoms with Crippen LogP contribution in [0.4, 0.5) is 0 Å². The molecule has 0 aliphatic rings. The average Bonchev–Trinajstić information content (AvgIpc) is 3.24. The molecule has 0 aromatic carbocycles. The summed E-state index contributed by atoms with van der Waals surface area (Å²) in [6, 6.07) is 3.86. The van der Waals surface area contributed by atoms with E-state index in [0.29, 0.717) is 28.5 Å². The molecule has 0 atom stereocenters. The van der Waals surface area contributed by atoms with Gasteiger partial charge in [-0.1, -0.05) is 11.8 Å². The molecule has 0 saturated carbocycles. The highest BCUT2D eigenvalue weighted by molar-refractivity contribution is 7.99. The lowest BCUT2D eigenvalue weighted by Gasteiger charge is -2.16. The summed E-state index contributed by atoms with van der Waals surface area (Å²) in [5.74, 6) is 0.288. The number of thiophene rings is 2. The fourth-order valence-corrected chi connectivity index (χ4v) is 4.74. The van der Waals surface area contributed by atoms with Crippen LogP contribution in [-0.2, 0) is 17.9 Å². The Morgan fingerprint density at radius 1 is 1.38 bits per heavy atom. The highest BCUT2D eigenvalue weighted by Gasteiger charge is 2.15. The standard InChI is InChI=1S/C16H17N3O2S3/c1-3-19-15(21)14-12(5-7-23-14)17-16(19)24-10-13(20)18(2)8-11-4-6-22-9-11/h4-7,9H,3,8,10H2,1-2H3. The van der Waals surface area contributed by atoms with Crippen molar-refractivity contribution in [2.45, 2.75) is 25.2 Å². The quantitative estimate of drug-likeness (QED) is 0.487. The van der Waals surface area contributed by atoms with Gasteiger partial charge in [-0.15, -0.1) is 11.3 Å². The van der Waals surface area contributed by atoms with Crippen LogP contribution in [0.15, 0.2) is 38.2 Å². The number of amides is 1. The van der Waals surface area contributed by atoms with Crippen LogP contribution in [0, 0.1) is 0 Å². The molecule has 126 valence electrons. The maximum atomic E-state index is 12.5. The van der Waals surface area contributed by atoms with Crippen LogP contribution < -0.4 is 5.56 Å². The van der Waals surface area contributed by atoms with Crippen molar-refractivity contribution in [3.05, 3.63) is 44.2 Å². The fourth-order valence-electron chi connectivity index (χ4n) is 2.29. The number of hydrogen-bond acceptors (Lipinski definition) is 6. The first-order valence-corrected chi connectivity index (χ1v) is 10.3. The molecule has 5 nitrogen and oxygen atoms in total. The van der Waals surface area contributed by atoms with Crippen molar-refractivity contribution < 1.29 is 4.79 Å². The van der Waals surface area contributed by atoms with Crippen molar-refractivity contribution in [3.8, 4) is 0 Å². The molecule has 0 aliphatic carbocycles. The second-order valence-electron chi connectivity index (χ2n) is 5.25. The molecule has 0 N–H and O–H groups in total. The van der Waals surface area contributed by atoms with Gasteiger partial charge in [0.2, 0.25) is 5.91 Å². The van der Waals surface area contributed by atoms with Crippen LogP contribution in [0.3, 0.4) is 0 Å². The molecule has 3 heterocycles. The van der Waals surface area contributed by atoms with Crippen molar-refractivity contribution in [1.29, 1.82) is 0 Å². The van der Waals surface area contributed by atoms with E-state index in [1.54, 1.807) is 27.9 Å². The second kappa shape index (κ2) is 7.50. The lowest BCUT2D eigenvalue weighted by Crippen LogP contribution is -2.28. The molecule has 3 aromatic rings. The van der Waals surface area contributed by atoms with Gasteiger partial charge in [0.05, 0.1) is 11.3 Å². The maximum absolute atomic E-state index is 12.5. The van der Waals surface area contributed by atoms with Crippen LogP contribution in [0.1, 0.15) is 12.5 Å². The molecule has 0 fully saturated rings. The Labute approximate surface area is 151 Å². The van der Waals surface area contributed by atoms with Gasteiger partial charge in [-0.2, -0.15) is 11.3 Å². The van der Waals surface area contributed by atoms with E-state index in [0.717, 1.165) is 5.56 Å². The predicted octanol–water partition coefficient (Wildman–Crippen LogP) is 3.29. The Morgan fingerprint density at radius 2 is 2.21 bits per heavy atom. The third kappa shape index (κ3) is 3.55. The lowest BCUT2D eigenvalue weighted by molar-refractivity contribution is -0.127. The number of hydrogen-bond donors (Lipinski definition) is 0. The van der Waals surface area contributed by atoms with E-state index in [9.17, 15) is 9.59 Å². The van der Waals surface area contributed by atoms with Crippen molar-refractivity contribution in [1.82, 2.24) is 14.5 Å². The third-order valence-electron chi connectivity index (χ3n) is 3.60. The molecule has 0 spiro atoms. The number of rotatable bonds is 6. The number of aromatic nitrogens is 2. The molecule has 0 radical (unpaired) electrons. The lowest BCUT2D eigenvalue weighted by atomic mass is 10.3. The van der Waals surface area contributed by atoms with Crippen molar-refractivity contribution >= 4 is 50.6 Å². The van der Waals surface area contributed by atoms with Gasteiger partial charge in [0.1, 0.15) is 4.70 Å². The van der Waals surface area contributed by atoms with Gasteiger partial charge in [0.15, 0.2) is 5.16 Å². The Hall–Kier alpha value is -1.64. The molecule has 0 unspecified atom stereocenters. The van der Waals surface area contributed by atoms with E-state index in [1.807, 2.05) is 35.2 Å². The van der Waals surface area contributed by atoms with E-state index in [1.165, 1.54) is 23.1 Å². The van der Waals surface area contributed by atoms with Gasteiger partial charge >= 0.3 is 0 Å².